The first-order valence-corrected chi connectivity index (χ1v) is 8.60. The highest BCUT2D eigenvalue weighted by Crippen LogP contribution is 2.22. The summed E-state index contributed by atoms with van der Waals surface area (Å²) >= 11 is 0. The predicted octanol–water partition coefficient (Wildman–Crippen LogP) is 3.70. The monoisotopic (exact) mass is 355 g/mol. The number of hydrogen-bond acceptors (Lipinski definition) is 3. The lowest BCUT2D eigenvalue weighted by molar-refractivity contribution is -0.116. The van der Waals surface area contributed by atoms with Crippen molar-refractivity contribution in [2.75, 3.05) is 5.32 Å². The summed E-state index contributed by atoms with van der Waals surface area (Å²) in [4.78, 5) is 29.1. The van der Waals surface area contributed by atoms with E-state index in [9.17, 15) is 9.59 Å². The van der Waals surface area contributed by atoms with Gasteiger partial charge in [-0.2, -0.15) is 0 Å². The molecule has 1 amide bonds. The van der Waals surface area contributed by atoms with Crippen LogP contribution < -0.4 is 10.9 Å². The second-order valence-electron chi connectivity index (χ2n) is 6.18. The Morgan fingerprint density at radius 2 is 1.67 bits per heavy atom. The first kappa shape index (κ1) is 16.7. The van der Waals surface area contributed by atoms with E-state index in [4.69, 9.17) is 0 Å². The fourth-order valence-electron chi connectivity index (χ4n) is 2.99. The average molecular weight is 355 g/mol. The highest BCUT2D eigenvalue weighted by molar-refractivity contribution is 6.02. The van der Waals surface area contributed by atoms with Crippen molar-refractivity contribution >= 4 is 22.4 Å². The van der Waals surface area contributed by atoms with Gasteiger partial charge < -0.3 is 5.32 Å². The Kier molecular flexibility index (Phi) is 4.49. The number of nitrogens with one attached hydrogen (secondary N) is 1. The molecule has 1 aromatic heterocycles. The largest absolute Gasteiger partial charge is 0.324 e. The predicted molar refractivity (Wildman–Crippen MR) is 107 cm³/mol. The van der Waals surface area contributed by atoms with E-state index in [0.29, 0.717) is 5.69 Å². The van der Waals surface area contributed by atoms with Gasteiger partial charge in [0.1, 0.15) is 6.54 Å². The molecule has 0 aliphatic heterocycles. The van der Waals surface area contributed by atoms with Crippen LogP contribution in [0.1, 0.15) is 0 Å². The molecule has 0 saturated heterocycles. The second-order valence-corrected chi connectivity index (χ2v) is 6.18. The maximum Gasteiger partial charge on any atom is 0.254 e. The van der Waals surface area contributed by atoms with E-state index in [1.165, 1.54) is 17.0 Å². The zero-order valence-corrected chi connectivity index (χ0v) is 14.5. The SMILES string of the molecule is O=C(Cn1cnc(-c2ccccc2)cc1=O)Nc1cccc2ccccc12. The van der Waals surface area contributed by atoms with Crippen molar-refractivity contribution in [3.8, 4) is 11.3 Å². The molecule has 0 unspecified atom stereocenters. The number of carbonyl (C=O) groups excluding carboxylic acids is 1. The zero-order valence-electron chi connectivity index (χ0n) is 14.5. The van der Waals surface area contributed by atoms with Crippen molar-refractivity contribution in [1.82, 2.24) is 9.55 Å². The van der Waals surface area contributed by atoms with Gasteiger partial charge in [-0.15, -0.1) is 0 Å². The first-order chi connectivity index (χ1) is 13.2. The Bertz CT molecular complexity index is 1160. The normalized spacial score (nSPS) is 10.7. The fraction of sp³-hybridized carbons (Fsp3) is 0.0455. The molecule has 5 nitrogen and oxygen atoms in total. The van der Waals surface area contributed by atoms with Crippen LogP contribution >= 0.6 is 0 Å². The lowest BCUT2D eigenvalue weighted by Gasteiger charge is -2.10. The molecule has 132 valence electrons. The van der Waals surface area contributed by atoms with E-state index >= 15 is 0 Å². The molecule has 27 heavy (non-hydrogen) atoms. The van der Waals surface area contributed by atoms with Crippen molar-refractivity contribution in [3.05, 3.63) is 95.5 Å². The molecule has 5 heteroatoms. The van der Waals surface area contributed by atoms with Crippen molar-refractivity contribution in [1.29, 1.82) is 0 Å². The molecular formula is C22H17N3O2. The van der Waals surface area contributed by atoms with Crippen molar-refractivity contribution in [2.45, 2.75) is 6.54 Å². The zero-order chi connectivity index (χ0) is 18.6. The number of anilines is 1. The second kappa shape index (κ2) is 7.25. The van der Waals surface area contributed by atoms with E-state index < -0.39 is 0 Å². The number of amides is 1. The minimum absolute atomic E-state index is 0.0931. The lowest BCUT2D eigenvalue weighted by Crippen LogP contribution is -2.27. The Hall–Kier alpha value is -3.73. The summed E-state index contributed by atoms with van der Waals surface area (Å²) in [6.45, 7) is -0.0931. The molecule has 0 atom stereocenters. The van der Waals surface area contributed by atoms with Crippen LogP contribution in [0.2, 0.25) is 0 Å². The number of nitrogens with zero attached hydrogens (tertiary/aromatic N) is 2. The summed E-state index contributed by atoms with van der Waals surface area (Å²) in [7, 11) is 0. The number of rotatable bonds is 4. The number of carbonyl (C=O) groups is 1. The molecule has 4 rings (SSSR count). The third-order valence-corrected chi connectivity index (χ3v) is 4.33. The third kappa shape index (κ3) is 3.62. The minimum atomic E-state index is -0.275. The summed E-state index contributed by atoms with van der Waals surface area (Å²) in [6, 6.07) is 24.4. The lowest BCUT2D eigenvalue weighted by atomic mass is 10.1. The molecule has 0 aliphatic rings. The Balaban J connectivity index is 1.54. The molecule has 4 aromatic rings. The van der Waals surface area contributed by atoms with Crippen molar-refractivity contribution in [3.63, 3.8) is 0 Å². The number of hydrogen-bond donors (Lipinski definition) is 1. The summed E-state index contributed by atoms with van der Waals surface area (Å²) in [5.74, 6) is -0.275. The number of fused-ring (bicyclic) bond motifs is 1. The molecule has 0 saturated carbocycles. The Morgan fingerprint density at radius 3 is 2.48 bits per heavy atom. The summed E-state index contributed by atoms with van der Waals surface area (Å²) < 4.78 is 1.30. The number of benzene rings is 3. The van der Waals surface area contributed by atoms with Gasteiger partial charge in [0.2, 0.25) is 5.91 Å². The van der Waals surface area contributed by atoms with Gasteiger partial charge in [-0.3, -0.25) is 14.2 Å². The van der Waals surface area contributed by atoms with Gasteiger partial charge in [-0.05, 0) is 11.5 Å². The maximum atomic E-state index is 12.4. The summed E-state index contributed by atoms with van der Waals surface area (Å²) in [6.07, 6.45) is 1.41. The van der Waals surface area contributed by atoms with E-state index in [1.807, 2.05) is 72.8 Å². The Morgan fingerprint density at radius 1 is 0.926 bits per heavy atom. The van der Waals surface area contributed by atoms with Gasteiger partial charge in [0.25, 0.3) is 5.56 Å². The van der Waals surface area contributed by atoms with Crippen molar-refractivity contribution in [2.24, 2.45) is 0 Å². The highest BCUT2D eigenvalue weighted by Gasteiger charge is 2.09. The first-order valence-electron chi connectivity index (χ1n) is 8.60. The quantitative estimate of drug-likeness (QED) is 0.607. The molecule has 1 N–H and O–H groups in total. The molecule has 0 aliphatic carbocycles. The Labute approximate surface area is 155 Å². The van der Waals surface area contributed by atoms with Gasteiger partial charge in [-0.25, -0.2) is 4.98 Å². The molecule has 1 heterocycles. The van der Waals surface area contributed by atoms with E-state index in [1.54, 1.807) is 0 Å². The maximum absolute atomic E-state index is 12.4. The molecule has 0 bridgehead atoms. The molecule has 3 aromatic carbocycles. The van der Waals surface area contributed by atoms with E-state index in [2.05, 4.69) is 10.3 Å². The molecule has 0 spiro atoms. The van der Waals surface area contributed by atoms with E-state index in [0.717, 1.165) is 22.0 Å². The third-order valence-electron chi connectivity index (χ3n) is 4.33. The van der Waals surface area contributed by atoms with Gasteiger partial charge in [0.05, 0.1) is 12.0 Å². The summed E-state index contributed by atoms with van der Waals surface area (Å²) in [5, 5.41) is 4.88. The highest BCUT2D eigenvalue weighted by atomic mass is 16.2. The van der Waals surface area contributed by atoms with Crippen LogP contribution in [0, 0.1) is 0 Å². The van der Waals surface area contributed by atoms with Gasteiger partial charge >= 0.3 is 0 Å². The topological polar surface area (TPSA) is 64.0 Å². The van der Waals surface area contributed by atoms with Crippen LogP contribution in [0.25, 0.3) is 22.0 Å². The van der Waals surface area contributed by atoms with Crippen LogP contribution in [0.3, 0.4) is 0 Å². The average Bonchev–Trinajstić information content (AvgIpc) is 2.70. The fourth-order valence-corrected chi connectivity index (χ4v) is 2.99. The number of aromatic nitrogens is 2. The smallest absolute Gasteiger partial charge is 0.254 e. The van der Waals surface area contributed by atoms with Gasteiger partial charge in [-0.1, -0.05) is 66.7 Å². The van der Waals surface area contributed by atoms with Gasteiger partial charge in [0.15, 0.2) is 0 Å². The van der Waals surface area contributed by atoms with Crippen LogP contribution in [0.4, 0.5) is 5.69 Å². The van der Waals surface area contributed by atoms with Crippen LogP contribution in [0.15, 0.2) is 90.0 Å². The minimum Gasteiger partial charge on any atom is -0.324 e. The van der Waals surface area contributed by atoms with Crippen LogP contribution in [-0.4, -0.2) is 15.5 Å². The summed E-state index contributed by atoms with van der Waals surface area (Å²) in [5.41, 5.74) is 1.91. The van der Waals surface area contributed by atoms with Gasteiger partial charge in [0, 0.05) is 22.7 Å². The van der Waals surface area contributed by atoms with Crippen molar-refractivity contribution < 1.29 is 4.79 Å². The molecule has 0 fully saturated rings. The molecule has 0 radical (unpaired) electrons. The van der Waals surface area contributed by atoms with E-state index in [-0.39, 0.29) is 18.0 Å². The molecular weight excluding hydrogens is 338 g/mol. The standard InChI is InChI=1S/C22H17N3O2/c26-21(24-19-12-6-10-16-7-4-5-11-18(16)19)14-25-15-23-20(13-22(25)27)17-8-2-1-3-9-17/h1-13,15H,14H2,(H,24,26). The van der Waals surface area contributed by atoms with Crippen LogP contribution in [0.5, 0.6) is 0 Å². The van der Waals surface area contributed by atoms with Crippen LogP contribution in [-0.2, 0) is 11.3 Å².